The summed E-state index contributed by atoms with van der Waals surface area (Å²) < 4.78 is 11.4. The monoisotopic (exact) mass is 441 g/mol. The van der Waals surface area contributed by atoms with Gasteiger partial charge in [0.25, 0.3) is 0 Å². The molecule has 3 N–H and O–H groups in total. The Labute approximate surface area is 185 Å². The van der Waals surface area contributed by atoms with Gasteiger partial charge in [-0.25, -0.2) is 9.97 Å². The minimum Gasteiger partial charge on any atom is -0.493 e. The molecule has 1 amide bonds. The molecule has 1 aromatic heterocycles. The largest absolute Gasteiger partial charge is 0.493 e. The second-order valence-corrected chi connectivity index (χ2v) is 7.78. The van der Waals surface area contributed by atoms with Crippen LogP contribution in [0.3, 0.4) is 0 Å². The van der Waals surface area contributed by atoms with Crippen molar-refractivity contribution in [2.75, 3.05) is 25.6 Å². The molecule has 8 nitrogen and oxygen atoms in total. The molecular formula is C22H24ClN5O3. The van der Waals surface area contributed by atoms with E-state index in [4.69, 9.17) is 21.1 Å². The van der Waals surface area contributed by atoms with E-state index >= 15 is 0 Å². The zero-order chi connectivity index (χ0) is 22.0. The maximum absolute atomic E-state index is 12.4. The van der Waals surface area contributed by atoms with Crippen LogP contribution in [0, 0.1) is 6.92 Å². The van der Waals surface area contributed by atoms with Crippen LogP contribution in [0.25, 0.3) is 10.9 Å². The maximum Gasteiger partial charge on any atom is 0.236 e. The molecule has 31 heavy (non-hydrogen) atoms. The highest BCUT2D eigenvalue weighted by Crippen LogP contribution is 2.36. The Kier molecular flexibility index (Phi) is 6.11. The average Bonchev–Trinajstić information content (AvgIpc) is 2.77. The highest BCUT2D eigenvalue weighted by atomic mass is 35.5. The fourth-order valence-electron chi connectivity index (χ4n) is 3.41. The van der Waals surface area contributed by atoms with E-state index in [-0.39, 0.29) is 11.9 Å². The minimum absolute atomic E-state index is 0.102. The summed E-state index contributed by atoms with van der Waals surface area (Å²) in [5, 5.41) is 11.0. The Morgan fingerprint density at radius 2 is 2.06 bits per heavy atom. The number of nitrogens with zero attached hydrogens (tertiary/aromatic N) is 2. The Hall–Kier alpha value is -3.10. The van der Waals surface area contributed by atoms with Crippen LogP contribution in [0.2, 0.25) is 5.02 Å². The van der Waals surface area contributed by atoms with E-state index in [1.165, 1.54) is 6.33 Å². The molecule has 0 radical (unpaired) electrons. The number of halogens is 1. The van der Waals surface area contributed by atoms with Crippen molar-refractivity contribution in [3.05, 3.63) is 46.7 Å². The van der Waals surface area contributed by atoms with E-state index in [1.54, 1.807) is 13.2 Å². The Bertz CT molecular complexity index is 1140. The van der Waals surface area contributed by atoms with Crippen LogP contribution in [0.5, 0.6) is 11.5 Å². The predicted molar refractivity (Wildman–Crippen MR) is 120 cm³/mol. The number of hydrogen-bond acceptors (Lipinski definition) is 7. The molecule has 162 valence electrons. The molecule has 0 fully saturated rings. The van der Waals surface area contributed by atoms with Crippen molar-refractivity contribution < 1.29 is 14.3 Å². The molecule has 0 aliphatic carbocycles. The van der Waals surface area contributed by atoms with Gasteiger partial charge in [0.1, 0.15) is 18.8 Å². The highest BCUT2D eigenvalue weighted by Gasteiger charge is 2.17. The molecular weight excluding hydrogens is 418 g/mol. The third-order valence-corrected chi connectivity index (χ3v) is 5.62. The fraction of sp³-hybridized carbons (Fsp3) is 0.318. The number of ether oxygens (including phenoxy) is 2. The SMILES string of the molecule is COc1cc2ncnc3c2cc1OCCNC(=O)C(C)NCc1cc(C)c(Cl)cc1N3. The van der Waals surface area contributed by atoms with Crippen LogP contribution >= 0.6 is 11.6 Å². The van der Waals surface area contributed by atoms with Crippen molar-refractivity contribution in [1.29, 1.82) is 0 Å². The van der Waals surface area contributed by atoms with Crippen LogP contribution in [0.1, 0.15) is 18.1 Å². The van der Waals surface area contributed by atoms with Gasteiger partial charge in [0.05, 0.1) is 25.2 Å². The summed E-state index contributed by atoms with van der Waals surface area (Å²) in [5.41, 5.74) is 3.43. The quantitative estimate of drug-likeness (QED) is 0.532. The predicted octanol–water partition coefficient (Wildman–Crippen LogP) is 3.33. The lowest BCUT2D eigenvalue weighted by atomic mass is 10.1. The summed E-state index contributed by atoms with van der Waals surface area (Å²) in [6.45, 7) is 4.92. The van der Waals surface area contributed by atoms with Gasteiger partial charge in [-0.3, -0.25) is 4.79 Å². The number of hydrogen-bond donors (Lipinski definition) is 3. The van der Waals surface area contributed by atoms with Gasteiger partial charge in [0, 0.05) is 28.7 Å². The number of amides is 1. The first kappa shape index (κ1) is 21.1. The number of anilines is 2. The topological polar surface area (TPSA) is 97.4 Å². The van der Waals surface area contributed by atoms with Crippen molar-refractivity contribution in [2.24, 2.45) is 0 Å². The van der Waals surface area contributed by atoms with E-state index in [0.29, 0.717) is 47.6 Å². The van der Waals surface area contributed by atoms with E-state index < -0.39 is 0 Å². The Morgan fingerprint density at radius 3 is 2.87 bits per heavy atom. The fourth-order valence-corrected chi connectivity index (χ4v) is 3.58. The lowest BCUT2D eigenvalue weighted by molar-refractivity contribution is -0.122. The molecule has 0 saturated carbocycles. The standard InChI is InChI=1S/C22H24ClN5O3/c1-12-6-14-10-25-13(2)22(29)24-4-5-31-20-7-15-18(9-19(20)30-3)26-11-27-21(15)28-17(14)8-16(12)23/h6-9,11,13,25H,4-5,10H2,1-3H3,(H,24,29)(H,26,27,28). The van der Waals surface area contributed by atoms with E-state index in [2.05, 4.69) is 25.9 Å². The van der Waals surface area contributed by atoms with Gasteiger partial charge >= 0.3 is 0 Å². The smallest absolute Gasteiger partial charge is 0.236 e. The van der Waals surface area contributed by atoms with Gasteiger partial charge in [-0.1, -0.05) is 17.7 Å². The lowest BCUT2D eigenvalue weighted by Crippen LogP contribution is -2.43. The Balaban J connectivity index is 1.84. The summed E-state index contributed by atoms with van der Waals surface area (Å²) in [6.07, 6.45) is 1.50. The zero-order valence-electron chi connectivity index (χ0n) is 17.6. The van der Waals surface area contributed by atoms with Crippen LogP contribution in [0.15, 0.2) is 30.6 Å². The first-order chi connectivity index (χ1) is 15.0. The second kappa shape index (κ2) is 8.95. The normalized spacial score (nSPS) is 17.0. The molecule has 9 heteroatoms. The van der Waals surface area contributed by atoms with Crippen LogP contribution < -0.4 is 25.4 Å². The molecule has 2 heterocycles. The number of methoxy groups -OCH3 is 1. The summed E-state index contributed by atoms with van der Waals surface area (Å²) in [6, 6.07) is 7.14. The van der Waals surface area contributed by atoms with Crippen molar-refractivity contribution in [2.45, 2.75) is 26.4 Å². The third-order valence-electron chi connectivity index (χ3n) is 5.21. The van der Waals surface area contributed by atoms with Crippen LogP contribution in [0.4, 0.5) is 11.5 Å². The third kappa shape index (κ3) is 4.50. The lowest BCUT2D eigenvalue weighted by Gasteiger charge is -2.18. The van der Waals surface area contributed by atoms with E-state index in [1.807, 2.05) is 32.0 Å². The summed E-state index contributed by atoms with van der Waals surface area (Å²) in [5.74, 6) is 1.62. The van der Waals surface area contributed by atoms with E-state index in [0.717, 1.165) is 22.2 Å². The van der Waals surface area contributed by atoms with Gasteiger partial charge in [0.15, 0.2) is 11.5 Å². The van der Waals surface area contributed by atoms with Gasteiger partial charge in [-0.05, 0) is 37.1 Å². The van der Waals surface area contributed by atoms with Crippen molar-refractivity contribution >= 4 is 39.9 Å². The number of carbonyl (C=O) groups is 1. The summed E-state index contributed by atoms with van der Waals surface area (Å²) in [4.78, 5) is 21.2. The molecule has 1 unspecified atom stereocenters. The number of aryl methyl sites for hydroxylation is 1. The van der Waals surface area contributed by atoms with Gasteiger partial charge in [-0.15, -0.1) is 0 Å². The van der Waals surface area contributed by atoms with Crippen molar-refractivity contribution in [3.63, 3.8) is 0 Å². The van der Waals surface area contributed by atoms with Crippen molar-refractivity contribution in [3.8, 4) is 11.5 Å². The van der Waals surface area contributed by atoms with E-state index in [9.17, 15) is 4.79 Å². The molecule has 4 rings (SSSR count). The maximum atomic E-state index is 12.4. The van der Waals surface area contributed by atoms with Gasteiger partial charge in [0.2, 0.25) is 5.91 Å². The second-order valence-electron chi connectivity index (χ2n) is 7.37. The molecule has 3 aromatic rings. The molecule has 1 aliphatic rings. The molecule has 0 spiro atoms. The molecule has 2 bridgehead atoms. The molecule has 0 saturated heterocycles. The summed E-state index contributed by atoms with van der Waals surface area (Å²) >= 11 is 6.41. The number of benzene rings is 2. The highest BCUT2D eigenvalue weighted by molar-refractivity contribution is 6.31. The first-order valence-corrected chi connectivity index (χ1v) is 10.4. The minimum atomic E-state index is -0.379. The molecule has 2 aromatic carbocycles. The summed E-state index contributed by atoms with van der Waals surface area (Å²) in [7, 11) is 1.58. The number of fused-ring (bicyclic) bond motifs is 2. The number of aromatic nitrogens is 2. The van der Waals surface area contributed by atoms with Gasteiger partial charge in [-0.2, -0.15) is 0 Å². The zero-order valence-corrected chi connectivity index (χ0v) is 18.3. The average molecular weight is 442 g/mol. The molecule has 1 atom stereocenters. The molecule has 1 aliphatic heterocycles. The number of carbonyl (C=O) groups excluding carboxylic acids is 1. The number of nitrogens with one attached hydrogen (secondary N) is 3. The van der Waals surface area contributed by atoms with Gasteiger partial charge < -0.3 is 25.4 Å². The Morgan fingerprint density at radius 1 is 1.23 bits per heavy atom. The van der Waals surface area contributed by atoms with Crippen LogP contribution in [-0.2, 0) is 11.3 Å². The van der Waals surface area contributed by atoms with Crippen LogP contribution in [-0.4, -0.2) is 42.2 Å². The van der Waals surface area contributed by atoms with Crippen molar-refractivity contribution in [1.82, 2.24) is 20.6 Å². The first-order valence-electron chi connectivity index (χ1n) is 9.99. The number of rotatable bonds is 1.